The number of phenols is 1. The van der Waals surface area contributed by atoms with Crippen LogP contribution in [0.25, 0.3) is 0 Å². The minimum absolute atomic E-state index is 0.101. The van der Waals surface area contributed by atoms with E-state index < -0.39 is 0 Å². The van der Waals surface area contributed by atoms with E-state index in [1.165, 1.54) is 0 Å². The Morgan fingerprint density at radius 3 is 2.28 bits per heavy atom. The SMILES string of the molecule is CCCNC(Cc1ccc(O)cc1)C(OC)OC. The summed E-state index contributed by atoms with van der Waals surface area (Å²) >= 11 is 0. The van der Waals surface area contributed by atoms with Gasteiger partial charge in [0.15, 0.2) is 6.29 Å². The minimum atomic E-state index is -0.273. The summed E-state index contributed by atoms with van der Waals surface area (Å²) in [6, 6.07) is 7.32. The fourth-order valence-electron chi connectivity index (χ4n) is 1.91. The van der Waals surface area contributed by atoms with Gasteiger partial charge in [0.25, 0.3) is 0 Å². The van der Waals surface area contributed by atoms with E-state index >= 15 is 0 Å². The van der Waals surface area contributed by atoms with Crippen LogP contribution in [0.3, 0.4) is 0 Å². The van der Waals surface area contributed by atoms with Crippen molar-refractivity contribution in [3.63, 3.8) is 0 Å². The summed E-state index contributed by atoms with van der Waals surface area (Å²) in [6.07, 6.45) is 1.59. The Hall–Kier alpha value is -1.10. The molecule has 1 aromatic carbocycles. The maximum Gasteiger partial charge on any atom is 0.172 e. The Balaban J connectivity index is 2.67. The maximum absolute atomic E-state index is 9.27. The first kappa shape index (κ1) is 15.0. The average molecular weight is 253 g/mol. The van der Waals surface area contributed by atoms with E-state index in [2.05, 4.69) is 12.2 Å². The quantitative estimate of drug-likeness (QED) is 0.695. The van der Waals surface area contributed by atoms with Crippen molar-refractivity contribution in [2.75, 3.05) is 20.8 Å². The van der Waals surface area contributed by atoms with Crippen molar-refractivity contribution in [3.05, 3.63) is 29.8 Å². The highest BCUT2D eigenvalue weighted by Crippen LogP contribution is 2.13. The summed E-state index contributed by atoms with van der Waals surface area (Å²) in [6.45, 7) is 3.05. The molecule has 0 aliphatic carbocycles. The van der Waals surface area contributed by atoms with Gasteiger partial charge in [-0.1, -0.05) is 19.1 Å². The summed E-state index contributed by atoms with van der Waals surface area (Å²) in [5.74, 6) is 0.284. The predicted molar refractivity (Wildman–Crippen MR) is 71.7 cm³/mol. The van der Waals surface area contributed by atoms with Crippen LogP contribution in [0, 0.1) is 0 Å². The highest BCUT2D eigenvalue weighted by Gasteiger charge is 2.20. The zero-order valence-electron chi connectivity index (χ0n) is 11.3. The zero-order chi connectivity index (χ0) is 13.4. The number of ether oxygens (including phenoxy) is 2. The Bertz CT molecular complexity index is 322. The van der Waals surface area contributed by atoms with Gasteiger partial charge < -0.3 is 19.9 Å². The van der Waals surface area contributed by atoms with Crippen molar-refractivity contribution in [3.8, 4) is 5.75 Å². The molecule has 1 aromatic rings. The van der Waals surface area contributed by atoms with Crippen molar-refractivity contribution in [1.82, 2.24) is 5.32 Å². The smallest absolute Gasteiger partial charge is 0.172 e. The van der Waals surface area contributed by atoms with Crippen LogP contribution in [-0.2, 0) is 15.9 Å². The molecule has 1 rings (SSSR count). The number of phenolic OH excluding ortho intramolecular Hbond substituents is 1. The van der Waals surface area contributed by atoms with Gasteiger partial charge in [-0.3, -0.25) is 0 Å². The van der Waals surface area contributed by atoms with Crippen LogP contribution >= 0.6 is 0 Å². The first-order chi connectivity index (χ1) is 8.71. The minimum Gasteiger partial charge on any atom is -0.508 e. The third kappa shape index (κ3) is 4.64. The van der Waals surface area contributed by atoms with Gasteiger partial charge in [0, 0.05) is 14.2 Å². The molecule has 4 nitrogen and oxygen atoms in total. The number of methoxy groups -OCH3 is 2. The molecule has 0 radical (unpaired) electrons. The number of hydrogen-bond acceptors (Lipinski definition) is 4. The maximum atomic E-state index is 9.27. The Morgan fingerprint density at radius 2 is 1.78 bits per heavy atom. The molecule has 0 heterocycles. The lowest BCUT2D eigenvalue weighted by molar-refractivity contribution is -0.122. The van der Waals surface area contributed by atoms with Crippen LogP contribution in [-0.4, -0.2) is 38.2 Å². The second-order valence-corrected chi connectivity index (χ2v) is 4.27. The zero-order valence-corrected chi connectivity index (χ0v) is 11.3. The average Bonchev–Trinajstić information content (AvgIpc) is 2.39. The lowest BCUT2D eigenvalue weighted by Crippen LogP contribution is -2.44. The van der Waals surface area contributed by atoms with E-state index in [-0.39, 0.29) is 18.1 Å². The van der Waals surface area contributed by atoms with Gasteiger partial charge in [-0.05, 0) is 37.1 Å². The molecule has 0 amide bonds. The summed E-state index contributed by atoms with van der Waals surface area (Å²) < 4.78 is 10.6. The van der Waals surface area contributed by atoms with E-state index in [0.717, 1.165) is 24.9 Å². The normalized spacial score (nSPS) is 12.9. The summed E-state index contributed by atoms with van der Waals surface area (Å²) in [7, 11) is 3.29. The first-order valence-corrected chi connectivity index (χ1v) is 6.28. The van der Waals surface area contributed by atoms with E-state index in [1.807, 2.05) is 12.1 Å². The molecule has 0 fully saturated rings. The molecule has 0 bridgehead atoms. The molecule has 0 aliphatic rings. The highest BCUT2D eigenvalue weighted by molar-refractivity contribution is 5.26. The van der Waals surface area contributed by atoms with E-state index in [0.29, 0.717) is 0 Å². The van der Waals surface area contributed by atoms with E-state index in [4.69, 9.17) is 9.47 Å². The Morgan fingerprint density at radius 1 is 1.17 bits per heavy atom. The third-order valence-electron chi connectivity index (χ3n) is 2.84. The standard InChI is InChI=1S/C14H23NO3/c1-4-9-15-13(14(17-2)18-3)10-11-5-7-12(16)8-6-11/h5-8,13-16H,4,9-10H2,1-3H3. The van der Waals surface area contributed by atoms with Crippen LogP contribution in [0.1, 0.15) is 18.9 Å². The molecule has 102 valence electrons. The molecule has 0 saturated carbocycles. The van der Waals surface area contributed by atoms with Gasteiger partial charge in [0.2, 0.25) is 0 Å². The number of rotatable bonds is 8. The second kappa shape index (κ2) is 8.08. The molecular weight excluding hydrogens is 230 g/mol. The third-order valence-corrected chi connectivity index (χ3v) is 2.84. The monoisotopic (exact) mass is 253 g/mol. The molecule has 1 unspecified atom stereocenters. The lowest BCUT2D eigenvalue weighted by atomic mass is 10.1. The van der Waals surface area contributed by atoms with Crippen molar-refractivity contribution in [2.24, 2.45) is 0 Å². The van der Waals surface area contributed by atoms with Crippen molar-refractivity contribution < 1.29 is 14.6 Å². The van der Waals surface area contributed by atoms with Crippen LogP contribution < -0.4 is 5.32 Å². The fraction of sp³-hybridized carbons (Fsp3) is 0.571. The van der Waals surface area contributed by atoms with Crippen molar-refractivity contribution in [2.45, 2.75) is 32.1 Å². The van der Waals surface area contributed by atoms with Gasteiger partial charge in [0.1, 0.15) is 5.75 Å². The van der Waals surface area contributed by atoms with Gasteiger partial charge in [0.05, 0.1) is 6.04 Å². The lowest BCUT2D eigenvalue weighted by Gasteiger charge is -2.26. The molecule has 4 heteroatoms. The molecule has 18 heavy (non-hydrogen) atoms. The van der Waals surface area contributed by atoms with Gasteiger partial charge >= 0.3 is 0 Å². The number of nitrogens with one attached hydrogen (secondary N) is 1. The van der Waals surface area contributed by atoms with Crippen LogP contribution in [0.4, 0.5) is 0 Å². The largest absolute Gasteiger partial charge is 0.508 e. The molecule has 0 spiro atoms. The Kier molecular flexibility index (Phi) is 6.72. The van der Waals surface area contributed by atoms with Gasteiger partial charge in [-0.2, -0.15) is 0 Å². The molecule has 1 atom stereocenters. The summed E-state index contributed by atoms with van der Waals surface area (Å²) in [5, 5.41) is 12.7. The van der Waals surface area contributed by atoms with Gasteiger partial charge in [-0.25, -0.2) is 0 Å². The van der Waals surface area contributed by atoms with Gasteiger partial charge in [-0.15, -0.1) is 0 Å². The Labute approximate surface area is 109 Å². The molecule has 0 aliphatic heterocycles. The van der Waals surface area contributed by atoms with Crippen LogP contribution in [0.15, 0.2) is 24.3 Å². The fourth-order valence-corrected chi connectivity index (χ4v) is 1.91. The number of benzene rings is 1. The second-order valence-electron chi connectivity index (χ2n) is 4.27. The summed E-state index contributed by atoms with van der Waals surface area (Å²) in [4.78, 5) is 0. The van der Waals surface area contributed by atoms with Crippen molar-refractivity contribution >= 4 is 0 Å². The topological polar surface area (TPSA) is 50.7 Å². The summed E-state index contributed by atoms with van der Waals surface area (Å²) in [5.41, 5.74) is 1.14. The van der Waals surface area contributed by atoms with E-state index in [1.54, 1.807) is 26.4 Å². The number of hydrogen-bond donors (Lipinski definition) is 2. The predicted octanol–water partition coefficient (Wildman–Crippen LogP) is 1.92. The molecular formula is C14H23NO3. The van der Waals surface area contributed by atoms with Crippen LogP contribution in [0.5, 0.6) is 5.75 Å². The highest BCUT2D eigenvalue weighted by atomic mass is 16.7. The molecule has 2 N–H and O–H groups in total. The number of aromatic hydroxyl groups is 1. The van der Waals surface area contributed by atoms with E-state index in [9.17, 15) is 5.11 Å². The molecule has 0 aromatic heterocycles. The van der Waals surface area contributed by atoms with Crippen molar-refractivity contribution in [1.29, 1.82) is 0 Å². The van der Waals surface area contributed by atoms with Crippen LogP contribution in [0.2, 0.25) is 0 Å². The molecule has 0 saturated heterocycles. The first-order valence-electron chi connectivity index (χ1n) is 6.28.